The van der Waals surface area contributed by atoms with Crippen LogP contribution < -0.4 is 4.74 Å². The Hall–Kier alpha value is -1.52. The highest BCUT2D eigenvalue weighted by molar-refractivity contribution is 9.13. The van der Waals surface area contributed by atoms with E-state index in [0.717, 1.165) is 42.3 Å². The quantitative estimate of drug-likeness (QED) is 0.563. The maximum atomic E-state index is 12.8. The summed E-state index contributed by atoms with van der Waals surface area (Å²) in [5.74, 6) is -0.557. The number of thioether (sulfide) groups is 1. The van der Waals surface area contributed by atoms with E-state index >= 15 is 0 Å². The summed E-state index contributed by atoms with van der Waals surface area (Å²) < 4.78 is 6.03. The topological polar surface area (TPSA) is 87.2 Å². The van der Waals surface area contributed by atoms with Gasteiger partial charge in [0.05, 0.1) is 16.5 Å². The van der Waals surface area contributed by atoms with Crippen molar-refractivity contribution in [1.29, 1.82) is 0 Å². The first kappa shape index (κ1) is 22.2. The fourth-order valence-corrected chi connectivity index (χ4v) is 4.88. The molecule has 1 aromatic carbocycles. The van der Waals surface area contributed by atoms with Gasteiger partial charge in [0.1, 0.15) is 6.54 Å². The minimum absolute atomic E-state index is 0.0762. The highest BCUT2D eigenvalue weighted by atomic mass is 79.9. The van der Waals surface area contributed by atoms with Crippen LogP contribution >= 0.6 is 43.6 Å². The van der Waals surface area contributed by atoms with Gasteiger partial charge in [-0.3, -0.25) is 19.3 Å². The summed E-state index contributed by atoms with van der Waals surface area (Å²) in [6.07, 6.45) is 5.61. The number of aromatic hydroxyl groups is 1. The molecule has 2 aliphatic rings. The highest BCUT2D eigenvalue weighted by Crippen LogP contribution is 2.43. The van der Waals surface area contributed by atoms with Crippen molar-refractivity contribution in [3.05, 3.63) is 25.5 Å². The number of amides is 3. The van der Waals surface area contributed by atoms with Gasteiger partial charge in [-0.1, -0.05) is 12.8 Å². The predicted molar refractivity (Wildman–Crippen MR) is 118 cm³/mol. The van der Waals surface area contributed by atoms with Crippen molar-refractivity contribution in [3.63, 3.8) is 0 Å². The van der Waals surface area contributed by atoms with Gasteiger partial charge in [-0.05, 0) is 74.2 Å². The summed E-state index contributed by atoms with van der Waals surface area (Å²) in [7, 11) is 1.42. The minimum atomic E-state index is -0.502. The smallest absolute Gasteiger partial charge is 0.294 e. The molecule has 156 valence electrons. The van der Waals surface area contributed by atoms with Crippen LogP contribution in [0.15, 0.2) is 19.9 Å². The molecule has 10 heteroatoms. The highest BCUT2D eigenvalue weighted by Gasteiger charge is 2.37. The molecule has 0 saturated carbocycles. The molecule has 2 heterocycles. The Morgan fingerprint density at radius 1 is 1.21 bits per heavy atom. The van der Waals surface area contributed by atoms with Crippen molar-refractivity contribution in [2.24, 2.45) is 0 Å². The number of benzene rings is 1. The summed E-state index contributed by atoms with van der Waals surface area (Å²) in [6, 6.07) is 1.56. The molecular weight excluding hydrogens is 528 g/mol. The van der Waals surface area contributed by atoms with Gasteiger partial charge < -0.3 is 14.7 Å². The van der Waals surface area contributed by atoms with Crippen molar-refractivity contribution in [1.82, 2.24) is 9.80 Å². The maximum Gasteiger partial charge on any atom is 0.294 e. The van der Waals surface area contributed by atoms with Crippen LogP contribution in [-0.2, 0) is 9.59 Å². The lowest BCUT2D eigenvalue weighted by molar-refractivity contribution is -0.135. The lowest BCUT2D eigenvalue weighted by Gasteiger charge is -2.22. The van der Waals surface area contributed by atoms with E-state index in [4.69, 9.17) is 4.74 Å². The summed E-state index contributed by atoms with van der Waals surface area (Å²) in [6.45, 7) is 1.09. The number of likely N-dealkylation sites (tertiary alicyclic amines) is 1. The normalized spacial score (nSPS) is 19.1. The van der Waals surface area contributed by atoms with Crippen LogP contribution in [0, 0.1) is 0 Å². The first-order valence-electron chi connectivity index (χ1n) is 9.11. The van der Waals surface area contributed by atoms with E-state index in [1.807, 2.05) is 0 Å². The second-order valence-corrected chi connectivity index (χ2v) is 9.29. The third-order valence-electron chi connectivity index (χ3n) is 4.81. The number of methoxy groups -OCH3 is 1. The number of rotatable bonds is 4. The van der Waals surface area contributed by atoms with E-state index in [1.54, 1.807) is 11.0 Å². The van der Waals surface area contributed by atoms with Crippen LogP contribution in [-0.4, -0.2) is 58.7 Å². The molecule has 0 aliphatic carbocycles. The molecule has 0 radical (unpaired) electrons. The number of ether oxygens (including phenoxy) is 1. The van der Waals surface area contributed by atoms with Crippen molar-refractivity contribution >= 4 is 66.8 Å². The number of imide groups is 1. The molecule has 3 amide bonds. The molecule has 0 bridgehead atoms. The third kappa shape index (κ3) is 4.80. The fraction of sp³-hybridized carbons (Fsp3) is 0.421. The van der Waals surface area contributed by atoms with Crippen molar-refractivity contribution in [2.45, 2.75) is 25.7 Å². The molecule has 2 saturated heterocycles. The fourth-order valence-electron chi connectivity index (χ4n) is 3.21. The summed E-state index contributed by atoms with van der Waals surface area (Å²) in [4.78, 5) is 40.6. The van der Waals surface area contributed by atoms with Gasteiger partial charge in [0.15, 0.2) is 11.5 Å². The van der Waals surface area contributed by atoms with E-state index in [2.05, 4.69) is 31.9 Å². The number of carbonyl (C=O) groups excluding carboxylic acids is 3. The van der Waals surface area contributed by atoms with Crippen LogP contribution in [0.4, 0.5) is 4.79 Å². The monoisotopic (exact) mass is 546 g/mol. The molecular formula is C19H20Br2N2O5S. The van der Waals surface area contributed by atoms with Gasteiger partial charge >= 0.3 is 0 Å². The Balaban J connectivity index is 1.80. The lowest BCUT2D eigenvalue weighted by atomic mass is 10.2. The molecule has 0 atom stereocenters. The standard InChI is InChI=1S/C19H20Br2N2O5S/c1-28-12-8-11(15(20)16(21)17(12)25)9-13-18(26)23(19(27)29-13)10-14(24)22-6-4-2-3-5-7-22/h8-9,25H,2-7,10H2,1H3. The largest absolute Gasteiger partial charge is 0.503 e. The number of nitrogens with zero attached hydrogens (tertiary/aromatic N) is 2. The van der Waals surface area contributed by atoms with Crippen molar-refractivity contribution in [2.75, 3.05) is 26.7 Å². The van der Waals surface area contributed by atoms with Crippen LogP contribution in [0.25, 0.3) is 6.08 Å². The van der Waals surface area contributed by atoms with Gasteiger partial charge in [-0.2, -0.15) is 0 Å². The zero-order valence-corrected chi connectivity index (χ0v) is 19.7. The number of phenolic OH excluding ortho intramolecular Hbond substituents is 1. The van der Waals surface area contributed by atoms with E-state index < -0.39 is 11.1 Å². The van der Waals surface area contributed by atoms with Crippen LogP contribution in [0.1, 0.15) is 31.2 Å². The minimum Gasteiger partial charge on any atom is -0.503 e. The molecule has 0 unspecified atom stereocenters. The molecule has 1 N–H and O–H groups in total. The average molecular weight is 548 g/mol. The molecule has 0 spiro atoms. The van der Waals surface area contributed by atoms with Gasteiger partial charge in [-0.25, -0.2) is 0 Å². The molecule has 1 aromatic rings. The van der Waals surface area contributed by atoms with Gasteiger partial charge in [0.25, 0.3) is 11.1 Å². The van der Waals surface area contributed by atoms with Gasteiger partial charge in [-0.15, -0.1) is 0 Å². The summed E-state index contributed by atoms with van der Waals surface area (Å²) in [5.41, 5.74) is 0.552. The number of hydrogen-bond acceptors (Lipinski definition) is 6. The molecule has 3 rings (SSSR count). The Bertz CT molecular complexity index is 882. The Kier molecular flexibility index (Phi) is 7.28. The first-order valence-corrected chi connectivity index (χ1v) is 11.5. The zero-order valence-electron chi connectivity index (χ0n) is 15.7. The Morgan fingerprint density at radius 3 is 2.48 bits per heavy atom. The molecule has 7 nitrogen and oxygen atoms in total. The van der Waals surface area contributed by atoms with E-state index in [0.29, 0.717) is 27.6 Å². The lowest BCUT2D eigenvalue weighted by Crippen LogP contribution is -2.42. The second-order valence-electron chi connectivity index (χ2n) is 6.71. The SMILES string of the molecule is COc1cc(C=C2SC(=O)N(CC(=O)N3CCCCCC3)C2=O)c(Br)c(Br)c1O. The molecule has 2 aliphatic heterocycles. The second kappa shape index (κ2) is 9.53. The van der Waals surface area contributed by atoms with Crippen molar-refractivity contribution in [3.8, 4) is 11.5 Å². The van der Waals surface area contributed by atoms with Crippen molar-refractivity contribution < 1.29 is 24.2 Å². The molecule has 2 fully saturated rings. The number of carbonyl (C=O) groups is 3. The van der Waals surface area contributed by atoms with Gasteiger partial charge in [0.2, 0.25) is 5.91 Å². The van der Waals surface area contributed by atoms with Crippen LogP contribution in [0.2, 0.25) is 0 Å². The number of phenols is 1. The molecule has 0 aromatic heterocycles. The predicted octanol–water partition coefficient (Wildman–Crippen LogP) is 4.36. The van der Waals surface area contributed by atoms with Gasteiger partial charge in [0, 0.05) is 17.6 Å². The number of halogens is 2. The summed E-state index contributed by atoms with van der Waals surface area (Å²) >= 11 is 7.42. The maximum absolute atomic E-state index is 12.8. The number of hydrogen-bond donors (Lipinski definition) is 1. The van der Waals surface area contributed by atoms with E-state index in [1.165, 1.54) is 13.2 Å². The molecule has 29 heavy (non-hydrogen) atoms. The van der Waals surface area contributed by atoms with E-state index in [9.17, 15) is 19.5 Å². The summed E-state index contributed by atoms with van der Waals surface area (Å²) in [5, 5.41) is 9.58. The first-order chi connectivity index (χ1) is 13.8. The average Bonchev–Trinajstić information content (AvgIpc) is 2.90. The Labute approximate surface area is 189 Å². The third-order valence-corrected chi connectivity index (χ3v) is 7.87. The van der Waals surface area contributed by atoms with Crippen LogP contribution in [0.3, 0.4) is 0 Å². The van der Waals surface area contributed by atoms with E-state index in [-0.39, 0.29) is 28.9 Å². The van der Waals surface area contributed by atoms with Crippen LogP contribution in [0.5, 0.6) is 11.5 Å². The Morgan fingerprint density at radius 2 is 1.86 bits per heavy atom. The zero-order chi connectivity index (χ0) is 21.1.